The zero-order valence-corrected chi connectivity index (χ0v) is 16.2. The van der Waals surface area contributed by atoms with Gasteiger partial charge in [-0.2, -0.15) is 13.2 Å². The molecule has 25 heavy (non-hydrogen) atoms. The molecule has 9 heteroatoms. The maximum absolute atomic E-state index is 12.5. The van der Waals surface area contributed by atoms with E-state index in [1.54, 1.807) is 0 Å². The zero-order chi connectivity index (χ0) is 17.6. The minimum absolute atomic E-state index is 0. The largest absolute Gasteiger partial charge is 0.416 e. The Morgan fingerprint density at radius 2 is 1.84 bits per heavy atom. The van der Waals surface area contributed by atoms with Gasteiger partial charge in [0.05, 0.1) is 18.7 Å². The first-order valence-corrected chi connectivity index (χ1v) is 7.86. The standard InChI is InChI=1S/C16H21F3N4O.HI/c1-2-20-15(22-10-14(24)23-13-7-8-13)21-9-11-3-5-12(6-4-11)16(17,18)19;/h3-6,13H,2,7-10H2,1H3,(H,23,24)(H2,20,21,22);1H. The Labute approximate surface area is 161 Å². The van der Waals surface area contributed by atoms with E-state index in [1.807, 2.05) is 6.92 Å². The normalized spacial score (nSPS) is 14.5. The first-order valence-electron chi connectivity index (χ1n) is 7.86. The first-order chi connectivity index (χ1) is 11.4. The van der Waals surface area contributed by atoms with E-state index in [0.717, 1.165) is 25.0 Å². The van der Waals surface area contributed by atoms with E-state index in [2.05, 4.69) is 20.9 Å². The van der Waals surface area contributed by atoms with Crippen LogP contribution in [0.3, 0.4) is 0 Å². The lowest BCUT2D eigenvalue weighted by Gasteiger charge is -2.11. The highest BCUT2D eigenvalue weighted by atomic mass is 127. The van der Waals surface area contributed by atoms with Crippen LogP contribution in [0.4, 0.5) is 13.2 Å². The second-order valence-electron chi connectivity index (χ2n) is 5.59. The highest BCUT2D eigenvalue weighted by molar-refractivity contribution is 14.0. The number of halogens is 4. The summed E-state index contributed by atoms with van der Waals surface area (Å²) < 4.78 is 37.6. The smallest absolute Gasteiger partial charge is 0.357 e. The van der Waals surface area contributed by atoms with E-state index in [1.165, 1.54) is 12.1 Å². The molecule has 1 aromatic rings. The van der Waals surface area contributed by atoms with Gasteiger partial charge < -0.3 is 16.0 Å². The number of carbonyl (C=O) groups is 1. The summed E-state index contributed by atoms with van der Waals surface area (Å²) in [5.74, 6) is 0.348. The van der Waals surface area contributed by atoms with Crippen molar-refractivity contribution in [3.8, 4) is 0 Å². The predicted molar refractivity (Wildman–Crippen MR) is 101 cm³/mol. The number of nitrogens with zero attached hydrogens (tertiary/aromatic N) is 1. The minimum Gasteiger partial charge on any atom is -0.357 e. The summed E-state index contributed by atoms with van der Waals surface area (Å²) in [6, 6.07) is 5.17. The van der Waals surface area contributed by atoms with Gasteiger partial charge in [-0.15, -0.1) is 24.0 Å². The highest BCUT2D eigenvalue weighted by Gasteiger charge is 2.29. The second kappa shape index (κ2) is 9.83. The average Bonchev–Trinajstić information content (AvgIpc) is 3.33. The molecule has 5 nitrogen and oxygen atoms in total. The van der Waals surface area contributed by atoms with E-state index in [4.69, 9.17) is 0 Å². The van der Waals surface area contributed by atoms with Crippen molar-refractivity contribution in [1.82, 2.24) is 16.0 Å². The van der Waals surface area contributed by atoms with E-state index >= 15 is 0 Å². The Morgan fingerprint density at radius 1 is 1.20 bits per heavy atom. The Hall–Kier alpha value is -1.52. The monoisotopic (exact) mass is 470 g/mol. The van der Waals surface area contributed by atoms with Crippen LogP contribution in [-0.2, 0) is 17.5 Å². The lowest BCUT2D eigenvalue weighted by Crippen LogP contribution is -2.43. The van der Waals surface area contributed by atoms with Gasteiger partial charge in [0.25, 0.3) is 0 Å². The molecule has 1 aliphatic rings. The lowest BCUT2D eigenvalue weighted by atomic mass is 10.1. The van der Waals surface area contributed by atoms with Crippen molar-refractivity contribution in [1.29, 1.82) is 0 Å². The lowest BCUT2D eigenvalue weighted by molar-refractivity contribution is -0.137. The van der Waals surface area contributed by atoms with Crippen molar-refractivity contribution in [2.45, 2.75) is 38.5 Å². The van der Waals surface area contributed by atoms with Crippen molar-refractivity contribution in [2.75, 3.05) is 13.1 Å². The Morgan fingerprint density at radius 3 is 2.36 bits per heavy atom. The number of aliphatic imine (C=N–C) groups is 1. The highest BCUT2D eigenvalue weighted by Crippen LogP contribution is 2.29. The molecule has 0 saturated heterocycles. The molecule has 140 valence electrons. The Kier molecular flexibility index (Phi) is 8.46. The van der Waals surface area contributed by atoms with Crippen molar-refractivity contribution >= 4 is 35.8 Å². The van der Waals surface area contributed by atoms with Gasteiger partial charge in [0.1, 0.15) is 0 Å². The van der Waals surface area contributed by atoms with Gasteiger partial charge in [0, 0.05) is 12.6 Å². The third-order valence-corrected chi connectivity index (χ3v) is 3.40. The fraction of sp³-hybridized carbons (Fsp3) is 0.500. The molecule has 3 N–H and O–H groups in total. The number of alkyl halides is 3. The molecule has 1 saturated carbocycles. The maximum Gasteiger partial charge on any atom is 0.416 e. The van der Waals surface area contributed by atoms with Crippen molar-refractivity contribution in [2.24, 2.45) is 4.99 Å². The fourth-order valence-corrected chi connectivity index (χ4v) is 1.98. The summed E-state index contributed by atoms with van der Waals surface area (Å²) in [4.78, 5) is 15.9. The Balaban J connectivity index is 0.00000312. The zero-order valence-electron chi connectivity index (χ0n) is 13.8. The summed E-state index contributed by atoms with van der Waals surface area (Å²) in [6.07, 6.45) is -2.30. The minimum atomic E-state index is -4.34. The summed E-state index contributed by atoms with van der Waals surface area (Å²) >= 11 is 0. The van der Waals surface area contributed by atoms with Crippen molar-refractivity contribution in [3.63, 3.8) is 0 Å². The molecule has 1 aromatic carbocycles. The fourth-order valence-electron chi connectivity index (χ4n) is 1.98. The molecule has 2 rings (SSSR count). The predicted octanol–water partition coefficient (Wildman–Crippen LogP) is 2.66. The van der Waals surface area contributed by atoms with Gasteiger partial charge in [0.15, 0.2) is 5.96 Å². The van der Waals surface area contributed by atoms with Crippen LogP contribution in [0.2, 0.25) is 0 Å². The van der Waals surface area contributed by atoms with Gasteiger partial charge in [-0.05, 0) is 37.5 Å². The molecule has 0 radical (unpaired) electrons. The van der Waals surface area contributed by atoms with Crippen LogP contribution < -0.4 is 16.0 Å². The number of amides is 1. The number of nitrogens with one attached hydrogen (secondary N) is 3. The van der Waals surface area contributed by atoms with Crippen LogP contribution in [0.1, 0.15) is 30.9 Å². The molecule has 0 aromatic heterocycles. The summed E-state index contributed by atoms with van der Waals surface area (Å²) in [7, 11) is 0. The molecule has 0 spiro atoms. The maximum atomic E-state index is 12.5. The van der Waals surface area contributed by atoms with E-state index in [0.29, 0.717) is 24.1 Å². The van der Waals surface area contributed by atoms with E-state index < -0.39 is 11.7 Å². The van der Waals surface area contributed by atoms with E-state index in [-0.39, 0.29) is 43.0 Å². The molecule has 0 aliphatic heterocycles. The number of guanidine groups is 1. The van der Waals surface area contributed by atoms with Crippen LogP contribution in [0.15, 0.2) is 29.3 Å². The van der Waals surface area contributed by atoms with Gasteiger partial charge in [0.2, 0.25) is 5.91 Å². The van der Waals surface area contributed by atoms with Crippen LogP contribution in [-0.4, -0.2) is 31.0 Å². The van der Waals surface area contributed by atoms with Gasteiger partial charge in [-0.25, -0.2) is 4.99 Å². The van der Waals surface area contributed by atoms with Crippen molar-refractivity contribution < 1.29 is 18.0 Å². The molecule has 1 aliphatic carbocycles. The summed E-state index contributed by atoms with van der Waals surface area (Å²) in [6.45, 7) is 2.83. The first kappa shape index (κ1) is 21.5. The molecule has 0 heterocycles. The number of carbonyl (C=O) groups excluding carboxylic acids is 1. The molecule has 1 fully saturated rings. The third-order valence-electron chi connectivity index (χ3n) is 3.40. The number of hydrogen-bond donors (Lipinski definition) is 3. The topological polar surface area (TPSA) is 65.5 Å². The molecule has 0 bridgehead atoms. The van der Waals surface area contributed by atoms with Crippen LogP contribution in [0, 0.1) is 0 Å². The molecule has 1 amide bonds. The van der Waals surface area contributed by atoms with Crippen LogP contribution in [0.5, 0.6) is 0 Å². The van der Waals surface area contributed by atoms with Gasteiger partial charge in [-0.3, -0.25) is 4.79 Å². The molecular formula is C16H22F3IN4O. The average molecular weight is 470 g/mol. The second-order valence-corrected chi connectivity index (χ2v) is 5.59. The van der Waals surface area contributed by atoms with Crippen LogP contribution >= 0.6 is 24.0 Å². The number of hydrogen-bond acceptors (Lipinski definition) is 2. The summed E-state index contributed by atoms with van der Waals surface area (Å²) in [5.41, 5.74) is -0.0281. The van der Waals surface area contributed by atoms with Crippen LogP contribution in [0.25, 0.3) is 0 Å². The number of benzene rings is 1. The Bertz CT molecular complexity index is 586. The van der Waals surface area contributed by atoms with Gasteiger partial charge in [-0.1, -0.05) is 12.1 Å². The quantitative estimate of drug-likeness (QED) is 0.341. The molecule has 0 unspecified atom stereocenters. The summed E-state index contributed by atoms with van der Waals surface area (Å²) in [5, 5.41) is 8.75. The van der Waals surface area contributed by atoms with E-state index in [9.17, 15) is 18.0 Å². The molecular weight excluding hydrogens is 448 g/mol. The SMILES string of the molecule is CCNC(=NCc1ccc(C(F)(F)F)cc1)NCC(=O)NC1CC1.I. The number of rotatable bonds is 6. The van der Waals surface area contributed by atoms with Gasteiger partial charge >= 0.3 is 6.18 Å². The third kappa shape index (κ3) is 7.93. The molecule has 0 atom stereocenters. The van der Waals surface area contributed by atoms with Crippen molar-refractivity contribution in [3.05, 3.63) is 35.4 Å².